The highest BCUT2D eigenvalue weighted by Crippen LogP contribution is 2.29. The predicted molar refractivity (Wildman–Crippen MR) is 101 cm³/mol. The van der Waals surface area contributed by atoms with Crippen LogP contribution < -0.4 is 20.5 Å². The molecular formula is C20H24N2O5. The minimum absolute atomic E-state index is 0.310. The molecule has 0 aliphatic rings. The molecule has 4 N–H and O–H groups in total. The third kappa shape index (κ3) is 5.46. The van der Waals surface area contributed by atoms with Crippen molar-refractivity contribution in [3.05, 3.63) is 59.2 Å². The average molecular weight is 372 g/mol. The van der Waals surface area contributed by atoms with Gasteiger partial charge >= 0.3 is 0 Å². The van der Waals surface area contributed by atoms with Crippen molar-refractivity contribution in [1.29, 1.82) is 0 Å². The highest BCUT2D eigenvalue weighted by molar-refractivity contribution is 5.97. The van der Waals surface area contributed by atoms with Gasteiger partial charge in [-0.3, -0.25) is 9.59 Å². The molecule has 0 fully saturated rings. The summed E-state index contributed by atoms with van der Waals surface area (Å²) in [5.74, 6) is 0.0339. The Kier molecular flexibility index (Phi) is 7.19. The van der Waals surface area contributed by atoms with Crippen molar-refractivity contribution < 1.29 is 24.2 Å². The van der Waals surface area contributed by atoms with Gasteiger partial charge in [0.1, 0.15) is 12.6 Å². The van der Waals surface area contributed by atoms with Gasteiger partial charge < -0.3 is 25.6 Å². The number of primary amides is 1. The number of rotatable bonds is 9. The van der Waals surface area contributed by atoms with E-state index in [1.165, 1.54) is 0 Å². The van der Waals surface area contributed by atoms with Gasteiger partial charge in [0.15, 0.2) is 11.5 Å². The monoisotopic (exact) mass is 372 g/mol. The van der Waals surface area contributed by atoms with Crippen molar-refractivity contribution in [3.8, 4) is 11.5 Å². The second-order valence-electron chi connectivity index (χ2n) is 5.94. The number of carbonyl (C=O) groups excluding carboxylic acids is 2. The van der Waals surface area contributed by atoms with E-state index in [4.69, 9.17) is 20.3 Å². The normalized spacial score (nSPS) is 11.5. The molecule has 0 radical (unpaired) electrons. The standard InChI is InChI=1S/C20H24N2O5/c1-3-13-6-9-17(18(10-13)26-2)27-12-14-4-7-15(8-5-14)20(25)22-16(11-23)19(21)24/h4-10,16,23H,3,11-12H2,1-2H3,(H2,21,24)(H,22,25). The number of nitrogens with one attached hydrogen (secondary N) is 1. The summed E-state index contributed by atoms with van der Waals surface area (Å²) >= 11 is 0. The molecular weight excluding hydrogens is 348 g/mol. The van der Waals surface area contributed by atoms with Crippen molar-refractivity contribution in [2.75, 3.05) is 13.7 Å². The smallest absolute Gasteiger partial charge is 0.251 e. The van der Waals surface area contributed by atoms with E-state index in [9.17, 15) is 9.59 Å². The number of benzene rings is 2. The maximum absolute atomic E-state index is 12.1. The van der Waals surface area contributed by atoms with Crippen LogP contribution in [0.5, 0.6) is 11.5 Å². The summed E-state index contributed by atoms with van der Waals surface area (Å²) in [6.07, 6.45) is 0.910. The Balaban J connectivity index is 2.00. The lowest BCUT2D eigenvalue weighted by Crippen LogP contribution is -2.46. The van der Waals surface area contributed by atoms with Crippen LogP contribution in [0.2, 0.25) is 0 Å². The molecule has 144 valence electrons. The molecule has 0 saturated carbocycles. The van der Waals surface area contributed by atoms with Crippen molar-refractivity contribution in [2.45, 2.75) is 26.0 Å². The van der Waals surface area contributed by atoms with Crippen LogP contribution in [0.4, 0.5) is 0 Å². The summed E-state index contributed by atoms with van der Waals surface area (Å²) in [6.45, 7) is 1.83. The topological polar surface area (TPSA) is 111 Å². The van der Waals surface area contributed by atoms with Crippen LogP contribution in [-0.2, 0) is 17.8 Å². The molecule has 0 bridgehead atoms. The largest absolute Gasteiger partial charge is 0.493 e. The zero-order chi connectivity index (χ0) is 19.8. The Morgan fingerprint density at radius 2 is 1.78 bits per heavy atom. The van der Waals surface area contributed by atoms with Crippen molar-refractivity contribution in [2.24, 2.45) is 5.73 Å². The van der Waals surface area contributed by atoms with Gasteiger partial charge in [-0.2, -0.15) is 0 Å². The second kappa shape index (κ2) is 9.59. The van der Waals surface area contributed by atoms with Crippen LogP contribution in [0.15, 0.2) is 42.5 Å². The lowest BCUT2D eigenvalue weighted by Gasteiger charge is -2.13. The molecule has 0 aliphatic carbocycles. The molecule has 1 unspecified atom stereocenters. The van der Waals surface area contributed by atoms with E-state index >= 15 is 0 Å². The van der Waals surface area contributed by atoms with Gasteiger partial charge in [0, 0.05) is 5.56 Å². The summed E-state index contributed by atoms with van der Waals surface area (Å²) < 4.78 is 11.2. The van der Waals surface area contributed by atoms with E-state index in [1.54, 1.807) is 31.4 Å². The zero-order valence-electron chi connectivity index (χ0n) is 15.4. The molecule has 7 nitrogen and oxygen atoms in total. The summed E-state index contributed by atoms with van der Waals surface area (Å²) in [6, 6.07) is 11.4. The Morgan fingerprint density at radius 1 is 1.11 bits per heavy atom. The number of ether oxygens (including phenoxy) is 2. The molecule has 7 heteroatoms. The molecule has 0 aliphatic heterocycles. The van der Waals surface area contributed by atoms with Crippen molar-refractivity contribution in [1.82, 2.24) is 5.32 Å². The summed E-state index contributed by atoms with van der Waals surface area (Å²) in [5.41, 5.74) is 7.47. The number of nitrogens with two attached hydrogens (primary N) is 1. The number of hydrogen-bond acceptors (Lipinski definition) is 5. The number of carbonyl (C=O) groups is 2. The van der Waals surface area contributed by atoms with E-state index in [0.717, 1.165) is 17.5 Å². The number of hydrogen-bond donors (Lipinski definition) is 3. The van der Waals surface area contributed by atoms with Crippen LogP contribution in [0.25, 0.3) is 0 Å². The Bertz CT molecular complexity index is 789. The third-order valence-corrected chi connectivity index (χ3v) is 4.08. The number of amides is 2. The maximum Gasteiger partial charge on any atom is 0.251 e. The van der Waals surface area contributed by atoms with Gasteiger partial charge in [-0.05, 0) is 41.8 Å². The Morgan fingerprint density at radius 3 is 2.33 bits per heavy atom. The first-order valence-corrected chi connectivity index (χ1v) is 8.58. The number of aliphatic hydroxyl groups excluding tert-OH is 1. The molecule has 2 aromatic rings. The Hall–Kier alpha value is -3.06. The first kappa shape index (κ1) is 20.3. The Labute approximate surface area is 158 Å². The highest BCUT2D eigenvalue weighted by atomic mass is 16.5. The van der Waals surface area contributed by atoms with Crippen molar-refractivity contribution in [3.63, 3.8) is 0 Å². The molecule has 1 atom stereocenters. The van der Waals surface area contributed by atoms with E-state index in [1.807, 2.05) is 18.2 Å². The van der Waals surface area contributed by atoms with Crippen LogP contribution >= 0.6 is 0 Å². The van der Waals surface area contributed by atoms with Gasteiger partial charge in [0.2, 0.25) is 5.91 Å². The molecule has 2 aromatic carbocycles. The zero-order valence-corrected chi connectivity index (χ0v) is 15.4. The SMILES string of the molecule is CCc1ccc(OCc2ccc(C(=O)NC(CO)C(N)=O)cc2)c(OC)c1. The third-order valence-electron chi connectivity index (χ3n) is 4.08. The van der Waals surface area contributed by atoms with Crippen LogP contribution in [0.1, 0.15) is 28.4 Å². The van der Waals surface area contributed by atoms with Gasteiger partial charge in [-0.15, -0.1) is 0 Å². The molecule has 2 amide bonds. The van der Waals surface area contributed by atoms with Crippen LogP contribution in [0.3, 0.4) is 0 Å². The van der Waals surface area contributed by atoms with Crippen molar-refractivity contribution >= 4 is 11.8 Å². The summed E-state index contributed by atoms with van der Waals surface area (Å²) in [7, 11) is 1.60. The number of aliphatic hydroxyl groups is 1. The van der Waals surface area contributed by atoms with E-state index in [-0.39, 0.29) is 0 Å². The van der Waals surface area contributed by atoms with E-state index < -0.39 is 24.5 Å². The molecule has 0 spiro atoms. The molecule has 27 heavy (non-hydrogen) atoms. The van der Waals surface area contributed by atoms with E-state index in [0.29, 0.717) is 23.7 Å². The fourth-order valence-corrected chi connectivity index (χ4v) is 2.41. The quantitative estimate of drug-likeness (QED) is 0.616. The lowest BCUT2D eigenvalue weighted by atomic mass is 10.1. The average Bonchev–Trinajstić information content (AvgIpc) is 2.70. The van der Waals surface area contributed by atoms with Crippen LogP contribution in [-0.4, -0.2) is 36.7 Å². The van der Waals surface area contributed by atoms with Gasteiger partial charge in [-0.1, -0.05) is 25.1 Å². The van der Waals surface area contributed by atoms with Gasteiger partial charge in [-0.25, -0.2) is 0 Å². The maximum atomic E-state index is 12.1. The molecule has 0 saturated heterocycles. The van der Waals surface area contributed by atoms with Crippen LogP contribution in [0, 0.1) is 0 Å². The second-order valence-corrected chi connectivity index (χ2v) is 5.94. The van der Waals surface area contributed by atoms with E-state index in [2.05, 4.69) is 12.2 Å². The van der Waals surface area contributed by atoms with Gasteiger partial charge in [0.25, 0.3) is 5.91 Å². The molecule has 0 heterocycles. The fourth-order valence-electron chi connectivity index (χ4n) is 2.41. The minimum atomic E-state index is -1.11. The first-order valence-electron chi connectivity index (χ1n) is 8.58. The summed E-state index contributed by atoms with van der Waals surface area (Å²) in [5, 5.41) is 11.4. The highest BCUT2D eigenvalue weighted by Gasteiger charge is 2.17. The molecule has 2 rings (SSSR count). The number of aryl methyl sites for hydroxylation is 1. The predicted octanol–water partition coefficient (Wildman–Crippen LogP) is 1.41. The fraction of sp³-hybridized carbons (Fsp3) is 0.300. The lowest BCUT2D eigenvalue weighted by molar-refractivity contribution is -0.120. The minimum Gasteiger partial charge on any atom is -0.493 e. The number of methoxy groups -OCH3 is 1. The first-order chi connectivity index (χ1) is 13.0. The summed E-state index contributed by atoms with van der Waals surface area (Å²) in [4.78, 5) is 23.2. The van der Waals surface area contributed by atoms with Gasteiger partial charge in [0.05, 0.1) is 13.7 Å². The molecule has 0 aromatic heterocycles.